The Morgan fingerprint density at radius 3 is 2.21 bits per heavy atom. The molecular formula is C21H45IN6O. The molecule has 2 aliphatic rings. The maximum atomic E-state index is 5.54. The second-order valence-corrected chi connectivity index (χ2v) is 8.72. The van der Waals surface area contributed by atoms with Gasteiger partial charge in [0, 0.05) is 64.4 Å². The van der Waals surface area contributed by atoms with Crippen LogP contribution in [0.4, 0.5) is 0 Å². The minimum absolute atomic E-state index is 0. The van der Waals surface area contributed by atoms with Gasteiger partial charge in [-0.15, -0.1) is 24.0 Å². The normalized spacial score (nSPS) is 22.2. The lowest BCUT2D eigenvalue weighted by molar-refractivity contribution is 0.0132. The Morgan fingerprint density at radius 2 is 1.62 bits per heavy atom. The van der Waals surface area contributed by atoms with Gasteiger partial charge < -0.3 is 20.3 Å². The van der Waals surface area contributed by atoms with Gasteiger partial charge in [0.25, 0.3) is 0 Å². The topological polar surface area (TPSA) is 55.4 Å². The number of nitrogens with zero attached hydrogens (tertiary/aromatic N) is 4. The van der Waals surface area contributed by atoms with Crippen LogP contribution >= 0.6 is 24.0 Å². The van der Waals surface area contributed by atoms with E-state index in [-0.39, 0.29) is 24.0 Å². The van der Waals surface area contributed by atoms with Gasteiger partial charge in [-0.05, 0) is 33.2 Å². The number of piperazine rings is 1. The molecule has 2 unspecified atom stereocenters. The lowest BCUT2D eigenvalue weighted by Crippen LogP contribution is -2.51. The van der Waals surface area contributed by atoms with Gasteiger partial charge in [0.05, 0.1) is 19.8 Å². The number of ether oxygens (including phenoxy) is 1. The van der Waals surface area contributed by atoms with Gasteiger partial charge >= 0.3 is 0 Å². The van der Waals surface area contributed by atoms with Gasteiger partial charge in [0.2, 0.25) is 0 Å². The molecule has 0 bridgehead atoms. The van der Waals surface area contributed by atoms with Gasteiger partial charge in [0.1, 0.15) is 0 Å². The Hall–Kier alpha value is -0.160. The van der Waals surface area contributed by atoms with Crippen molar-refractivity contribution < 1.29 is 4.74 Å². The van der Waals surface area contributed by atoms with Crippen molar-refractivity contribution in [1.29, 1.82) is 0 Å². The Bertz CT molecular complexity index is 450. The van der Waals surface area contributed by atoms with Crippen LogP contribution in [-0.2, 0) is 4.74 Å². The fourth-order valence-corrected chi connectivity index (χ4v) is 4.01. The third-order valence-corrected chi connectivity index (χ3v) is 5.83. The van der Waals surface area contributed by atoms with E-state index in [4.69, 9.17) is 9.73 Å². The van der Waals surface area contributed by atoms with Gasteiger partial charge in [-0.3, -0.25) is 14.8 Å². The second-order valence-electron chi connectivity index (χ2n) is 8.72. The van der Waals surface area contributed by atoms with Crippen LogP contribution in [0.25, 0.3) is 0 Å². The van der Waals surface area contributed by atoms with Crippen LogP contribution in [0.1, 0.15) is 34.1 Å². The Kier molecular flexibility index (Phi) is 13.7. The second kappa shape index (κ2) is 14.8. The highest BCUT2D eigenvalue weighted by atomic mass is 127. The Labute approximate surface area is 196 Å². The zero-order valence-corrected chi connectivity index (χ0v) is 21.7. The average molecular weight is 525 g/mol. The zero-order chi connectivity index (χ0) is 20.4. The molecule has 0 aromatic heterocycles. The molecule has 2 aliphatic heterocycles. The SMILES string of the molecule is CCNC(=NCC(C)N1CCN(C)CC1)NCC(CC(C)C)N1CCOCC1.I. The molecule has 0 saturated carbocycles. The monoisotopic (exact) mass is 524 g/mol. The van der Waals surface area contributed by atoms with Crippen molar-refractivity contribution >= 4 is 29.9 Å². The zero-order valence-electron chi connectivity index (χ0n) is 19.3. The minimum Gasteiger partial charge on any atom is -0.379 e. The summed E-state index contributed by atoms with van der Waals surface area (Å²) in [5.74, 6) is 1.64. The molecule has 0 aromatic carbocycles. The first kappa shape index (κ1) is 26.9. The number of hydrogen-bond acceptors (Lipinski definition) is 5. The number of aliphatic imine (C=N–C) groups is 1. The van der Waals surface area contributed by atoms with Crippen LogP contribution in [0.3, 0.4) is 0 Å². The van der Waals surface area contributed by atoms with E-state index in [2.05, 4.69) is 60.1 Å². The summed E-state index contributed by atoms with van der Waals surface area (Å²) in [4.78, 5) is 12.4. The number of halogens is 1. The van der Waals surface area contributed by atoms with Crippen LogP contribution < -0.4 is 10.6 Å². The van der Waals surface area contributed by atoms with Crippen molar-refractivity contribution in [3.05, 3.63) is 0 Å². The molecule has 2 saturated heterocycles. The maximum absolute atomic E-state index is 5.54. The van der Waals surface area contributed by atoms with Crippen LogP contribution in [0.15, 0.2) is 4.99 Å². The van der Waals surface area contributed by atoms with Gasteiger partial charge in [-0.1, -0.05) is 13.8 Å². The van der Waals surface area contributed by atoms with Crippen molar-refractivity contribution in [2.45, 2.75) is 46.2 Å². The van der Waals surface area contributed by atoms with E-state index in [1.165, 1.54) is 6.42 Å². The predicted molar refractivity (Wildman–Crippen MR) is 134 cm³/mol. The van der Waals surface area contributed by atoms with E-state index < -0.39 is 0 Å². The van der Waals surface area contributed by atoms with Crippen molar-refractivity contribution in [3.8, 4) is 0 Å². The Balaban J connectivity index is 0.00000420. The smallest absolute Gasteiger partial charge is 0.191 e. The fraction of sp³-hybridized carbons (Fsp3) is 0.952. The highest BCUT2D eigenvalue weighted by Crippen LogP contribution is 2.13. The summed E-state index contributed by atoms with van der Waals surface area (Å²) < 4.78 is 5.54. The third-order valence-electron chi connectivity index (χ3n) is 5.83. The molecule has 2 atom stereocenters. The van der Waals surface area contributed by atoms with Crippen molar-refractivity contribution in [2.24, 2.45) is 10.9 Å². The van der Waals surface area contributed by atoms with E-state index in [9.17, 15) is 0 Å². The van der Waals surface area contributed by atoms with Crippen LogP contribution in [0, 0.1) is 5.92 Å². The first-order valence-electron chi connectivity index (χ1n) is 11.3. The first-order valence-corrected chi connectivity index (χ1v) is 11.3. The number of rotatable bonds is 9. The van der Waals surface area contributed by atoms with Gasteiger partial charge in [-0.2, -0.15) is 0 Å². The summed E-state index contributed by atoms with van der Waals surface area (Å²) in [5, 5.41) is 7.05. The molecule has 2 heterocycles. The number of guanidine groups is 1. The molecule has 0 radical (unpaired) electrons. The van der Waals surface area contributed by atoms with Crippen LogP contribution in [0.2, 0.25) is 0 Å². The van der Waals surface area contributed by atoms with E-state index in [1.807, 2.05) is 0 Å². The molecule has 2 N–H and O–H groups in total. The minimum atomic E-state index is 0. The highest BCUT2D eigenvalue weighted by molar-refractivity contribution is 14.0. The summed E-state index contributed by atoms with van der Waals surface area (Å²) in [5.41, 5.74) is 0. The third kappa shape index (κ3) is 10.1. The molecule has 172 valence electrons. The molecule has 0 spiro atoms. The molecule has 7 nitrogen and oxygen atoms in total. The van der Waals surface area contributed by atoms with Crippen molar-refractivity contribution in [2.75, 3.05) is 79.2 Å². The molecule has 0 aromatic rings. The fourth-order valence-electron chi connectivity index (χ4n) is 4.01. The van der Waals surface area contributed by atoms with Crippen LogP contribution in [0.5, 0.6) is 0 Å². The molecule has 0 amide bonds. The molecule has 0 aliphatic carbocycles. The molecule has 2 fully saturated rings. The van der Waals surface area contributed by atoms with E-state index in [1.54, 1.807) is 0 Å². The largest absolute Gasteiger partial charge is 0.379 e. The lowest BCUT2D eigenvalue weighted by atomic mass is 10.0. The molecular weight excluding hydrogens is 479 g/mol. The lowest BCUT2D eigenvalue weighted by Gasteiger charge is -2.36. The summed E-state index contributed by atoms with van der Waals surface area (Å²) in [6.07, 6.45) is 1.20. The summed E-state index contributed by atoms with van der Waals surface area (Å²) >= 11 is 0. The number of nitrogens with one attached hydrogen (secondary N) is 2. The maximum Gasteiger partial charge on any atom is 0.191 e. The van der Waals surface area contributed by atoms with Crippen LogP contribution in [-0.4, -0.2) is 112 Å². The first-order chi connectivity index (χ1) is 13.5. The van der Waals surface area contributed by atoms with E-state index in [0.717, 1.165) is 78.1 Å². The molecule has 2 rings (SSSR count). The average Bonchev–Trinajstić information content (AvgIpc) is 2.69. The quantitative estimate of drug-likeness (QED) is 0.271. The summed E-state index contributed by atoms with van der Waals surface area (Å²) in [7, 11) is 2.20. The van der Waals surface area contributed by atoms with Crippen molar-refractivity contribution in [3.63, 3.8) is 0 Å². The van der Waals surface area contributed by atoms with Crippen molar-refractivity contribution in [1.82, 2.24) is 25.3 Å². The number of likely N-dealkylation sites (N-methyl/N-ethyl adjacent to an activating group) is 1. The summed E-state index contributed by atoms with van der Waals surface area (Å²) in [6, 6.07) is 1.01. The van der Waals surface area contributed by atoms with E-state index in [0.29, 0.717) is 18.0 Å². The molecule has 29 heavy (non-hydrogen) atoms. The summed E-state index contributed by atoms with van der Waals surface area (Å²) in [6.45, 7) is 20.1. The molecule has 8 heteroatoms. The highest BCUT2D eigenvalue weighted by Gasteiger charge is 2.22. The number of morpholine rings is 1. The van der Waals surface area contributed by atoms with Gasteiger partial charge in [-0.25, -0.2) is 0 Å². The van der Waals surface area contributed by atoms with Gasteiger partial charge in [0.15, 0.2) is 5.96 Å². The standard InChI is InChI=1S/C21H44N6O.HI/c1-6-22-21(23-16-19(4)26-9-7-25(5)8-10-26)24-17-20(15-18(2)3)27-11-13-28-14-12-27;/h18-20H,6-17H2,1-5H3,(H2,22,23,24);1H. The van der Waals surface area contributed by atoms with E-state index >= 15 is 0 Å². The number of hydrogen-bond donors (Lipinski definition) is 2. The predicted octanol–water partition coefficient (Wildman–Crippen LogP) is 1.54. The Morgan fingerprint density at radius 1 is 0.966 bits per heavy atom.